The minimum Gasteiger partial charge on any atom is -0.352 e. The minimum absolute atomic E-state index is 0.0550. The van der Waals surface area contributed by atoms with Crippen LogP contribution < -0.4 is 5.32 Å². The van der Waals surface area contributed by atoms with E-state index in [2.05, 4.69) is 28.7 Å². The number of amides is 1. The van der Waals surface area contributed by atoms with Crippen molar-refractivity contribution in [3.05, 3.63) is 89.5 Å². The van der Waals surface area contributed by atoms with Gasteiger partial charge in [-0.2, -0.15) is 0 Å². The van der Waals surface area contributed by atoms with E-state index in [0.717, 1.165) is 28.2 Å². The average molecular weight is 463 g/mol. The van der Waals surface area contributed by atoms with E-state index < -0.39 is 0 Å². The Hall–Kier alpha value is -3.19. The lowest BCUT2D eigenvalue weighted by Crippen LogP contribution is -2.25. The molecule has 0 unspecified atom stereocenters. The molecule has 1 N–H and O–H groups in total. The van der Waals surface area contributed by atoms with Crippen LogP contribution in [0, 0.1) is 11.7 Å². The second kappa shape index (κ2) is 10.6. The molecular weight excluding hydrogens is 435 g/mol. The molecule has 0 saturated heterocycles. The van der Waals surface area contributed by atoms with Crippen LogP contribution in [0.25, 0.3) is 11.0 Å². The molecule has 0 radical (unpaired) electrons. The fourth-order valence-corrected chi connectivity index (χ4v) is 4.49. The number of imidazole rings is 1. The van der Waals surface area contributed by atoms with Gasteiger partial charge in [0.05, 0.1) is 23.8 Å². The first-order chi connectivity index (χ1) is 16.0. The lowest BCUT2D eigenvalue weighted by Gasteiger charge is -2.11. The molecule has 4 rings (SSSR count). The monoisotopic (exact) mass is 462 g/mol. The van der Waals surface area contributed by atoms with Gasteiger partial charge >= 0.3 is 0 Å². The summed E-state index contributed by atoms with van der Waals surface area (Å²) in [5, 5.41) is 3.77. The van der Waals surface area contributed by atoms with Crippen molar-refractivity contribution in [3.8, 4) is 0 Å². The predicted molar refractivity (Wildman–Crippen MR) is 131 cm³/mol. The van der Waals surface area contributed by atoms with Crippen molar-refractivity contribution < 1.29 is 9.18 Å². The fourth-order valence-electron chi connectivity index (χ4n) is 3.49. The van der Waals surface area contributed by atoms with E-state index in [9.17, 15) is 9.18 Å². The molecule has 5 nitrogen and oxygen atoms in total. The molecule has 0 bridgehead atoms. The Balaban J connectivity index is 1.51. The predicted octanol–water partition coefficient (Wildman–Crippen LogP) is 5.69. The topological polar surface area (TPSA) is 59.8 Å². The molecule has 0 atom stereocenters. The molecule has 33 heavy (non-hydrogen) atoms. The van der Waals surface area contributed by atoms with Gasteiger partial charge in [0.25, 0.3) is 5.91 Å². The maximum atomic E-state index is 14.1. The molecule has 0 saturated carbocycles. The molecule has 2 aromatic heterocycles. The third-order valence-electron chi connectivity index (χ3n) is 5.39. The second-order valence-corrected chi connectivity index (χ2v) is 9.30. The number of rotatable bonds is 9. The molecule has 0 fully saturated rings. The molecule has 0 aliphatic heterocycles. The summed E-state index contributed by atoms with van der Waals surface area (Å²) in [4.78, 5) is 21.4. The molecule has 170 valence electrons. The molecular formula is C26H27FN4OS. The molecule has 0 spiro atoms. The lowest BCUT2D eigenvalue weighted by atomic mass is 10.1. The van der Waals surface area contributed by atoms with Crippen molar-refractivity contribution in [2.24, 2.45) is 5.92 Å². The number of aromatic nitrogens is 3. The first kappa shape index (κ1) is 23.0. The van der Waals surface area contributed by atoms with E-state index in [-0.39, 0.29) is 11.7 Å². The van der Waals surface area contributed by atoms with Crippen LogP contribution in [0.1, 0.15) is 41.8 Å². The first-order valence-corrected chi connectivity index (χ1v) is 12.0. The number of hydrogen-bond donors (Lipinski definition) is 1. The van der Waals surface area contributed by atoms with Gasteiger partial charge in [-0.25, -0.2) is 9.37 Å². The van der Waals surface area contributed by atoms with Crippen LogP contribution in [-0.4, -0.2) is 27.0 Å². The highest BCUT2D eigenvalue weighted by Crippen LogP contribution is 2.28. The zero-order valence-corrected chi connectivity index (χ0v) is 19.6. The normalized spacial score (nSPS) is 11.3. The number of thioether (sulfide) groups is 1. The van der Waals surface area contributed by atoms with Crippen LogP contribution in [0.5, 0.6) is 0 Å². The summed E-state index contributed by atoms with van der Waals surface area (Å²) in [6.07, 6.45) is 4.47. The highest BCUT2D eigenvalue weighted by Gasteiger charge is 2.14. The van der Waals surface area contributed by atoms with Gasteiger partial charge in [-0.1, -0.05) is 55.9 Å². The number of fused-ring (bicyclic) bond motifs is 1. The molecule has 1 amide bonds. The largest absolute Gasteiger partial charge is 0.352 e. The number of benzene rings is 2. The van der Waals surface area contributed by atoms with Gasteiger partial charge < -0.3 is 9.88 Å². The summed E-state index contributed by atoms with van der Waals surface area (Å²) in [5.41, 5.74) is 4.11. The summed E-state index contributed by atoms with van der Waals surface area (Å²) in [5.74, 6) is 0.772. The Labute approximate surface area is 197 Å². The van der Waals surface area contributed by atoms with Gasteiger partial charge in [0.1, 0.15) is 5.82 Å². The Bertz CT molecular complexity index is 1240. The molecule has 2 heterocycles. The Morgan fingerprint density at radius 3 is 2.67 bits per heavy atom. The van der Waals surface area contributed by atoms with Crippen molar-refractivity contribution in [2.45, 2.75) is 37.7 Å². The maximum Gasteiger partial charge on any atom is 0.251 e. The van der Waals surface area contributed by atoms with E-state index in [1.165, 1.54) is 17.8 Å². The molecule has 2 aromatic carbocycles. The summed E-state index contributed by atoms with van der Waals surface area (Å²) in [7, 11) is 0. The van der Waals surface area contributed by atoms with Crippen LogP contribution in [-0.2, 0) is 12.3 Å². The number of hydrogen-bond acceptors (Lipinski definition) is 4. The Kier molecular flexibility index (Phi) is 7.40. The van der Waals surface area contributed by atoms with Crippen molar-refractivity contribution in [1.29, 1.82) is 0 Å². The van der Waals surface area contributed by atoms with E-state index >= 15 is 0 Å². The van der Waals surface area contributed by atoms with Crippen molar-refractivity contribution in [3.63, 3.8) is 0 Å². The third-order valence-corrected chi connectivity index (χ3v) is 6.42. The highest BCUT2D eigenvalue weighted by atomic mass is 32.2. The number of halogens is 1. The molecule has 4 aromatic rings. The van der Waals surface area contributed by atoms with Crippen molar-refractivity contribution in [2.75, 3.05) is 6.54 Å². The van der Waals surface area contributed by atoms with Crippen LogP contribution >= 0.6 is 11.8 Å². The Morgan fingerprint density at radius 1 is 1.12 bits per heavy atom. The number of carbonyl (C=O) groups excluding carboxylic acids is 1. The minimum atomic E-state index is -0.211. The van der Waals surface area contributed by atoms with Crippen LogP contribution in [0.15, 0.2) is 72.1 Å². The standard InChI is InChI=1S/C26H27FN4OS/c1-18(2)11-14-29-25(32)20-9-7-19(8-10-20)16-31-24-15-28-13-12-23(24)30-26(31)33-17-21-5-3-4-6-22(21)27/h3-10,12-13,15,18H,11,14,16-17H2,1-2H3,(H,29,32). The first-order valence-electron chi connectivity index (χ1n) is 11.0. The van der Waals surface area contributed by atoms with Gasteiger partial charge in [-0.3, -0.25) is 9.78 Å². The van der Waals surface area contributed by atoms with Gasteiger partial charge in [0.15, 0.2) is 5.16 Å². The van der Waals surface area contributed by atoms with E-state index in [1.54, 1.807) is 24.5 Å². The average Bonchev–Trinajstić information content (AvgIpc) is 3.16. The summed E-state index contributed by atoms with van der Waals surface area (Å²) >= 11 is 1.50. The molecule has 0 aliphatic carbocycles. The van der Waals surface area contributed by atoms with Gasteiger partial charge in [-0.15, -0.1) is 0 Å². The fraction of sp³-hybridized carbons (Fsp3) is 0.269. The van der Waals surface area contributed by atoms with Gasteiger partial charge in [-0.05, 0) is 47.7 Å². The van der Waals surface area contributed by atoms with Crippen molar-refractivity contribution in [1.82, 2.24) is 19.9 Å². The summed E-state index contributed by atoms with van der Waals surface area (Å²) in [6, 6.07) is 16.3. The maximum absolute atomic E-state index is 14.1. The third kappa shape index (κ3) is 5.79. The summed E-state index contributed by atoms with van der Waals surface area (Å²) < 4.78 is 16.2. The number of nitrogens with one attached hydrogen (secondary N) is 1. The second-order valence-electron chi connectivity index (χ2n) is 8.36. The lowest BCUT2D eigenvalue weighted by molar-refractivity contribution is 0.0952. The molecule has 7 heteroatoms. The van der Waals surface area contributed by atoms with Crippen LogP contribution in [0.2, 0.25) is 0 Å². The number of carbonyl (C=O) groups is 1. The summed E-state index contributed by atoms with van der Waals surface area (Å²) in [6.45, 7) is 5.53. The van der Waals surface area contributed by atoms with Gasteiger partial charge in [0.2, 0.25) is 0 Å². The SMILES string of the molecule is CC(C)CCNC(=O)c1ccc(Cn2c(SCc3ccccc3F)nc3ccncc32)cc1. The van der Waals surface area contributed by atoms with E-state index in [1.807, 2.05) is 36.4 Å². The number of pyridine rings is 1. The highest BCUT2D eigenvalue weighted by molar-refractivity contribution is 7.98. The Morgan fingerprint density at radius 2 is 1.91 bits per heavy atom. The van der Waals surface area contributed by atoms with E-state index in [0.29, 0.717) is 35.9 Å². The van der Waals surface area contributed by atoms with Crippen LogP contribution in [0.4, 0.5) is 4.39 Å². The van der Waals surface area contributed by atoms with Crippen molar-refractivity contribution >= 4 is 28.7 Å². The molecule has 0 aliphatic rings. The quantitative estimate of drug-likeness (QED) is 0.325. The smallest absolute Gasteiger partial charge is 0.251 e. The zero-order chi connectivity index (χ0) is 23.2. The number of nitrogens with zero attached hydrogens (tertiary/aromatic N) is 3. The van der Waals surface area contributed by atoms with Crippen LogP contribution in [0.3, 0.4) is 0 Å². The van der Waals surface area contributed by atoms with Gasteiger partial charge in [0, 0.05) is 24.1 Å². The van der Waals surface area contributed by atoms with E-state index in [4.69, 9.17) is 4.98 Å². The zero-order valence-electron chi connectivity index (χ0n) is 18.8.